The van der Waals surface area contributed by atoms with Gasteiger partial charge in [-0.2, -0.15) is 0 Å². The van der Waals surface area contributed by atoms with Gasteiger partial charge in [0, 0.05) is 56.6 Å². The van der Waals surface area contributed by atoms with Crippen LogP contribution in [-0.4, -0.2) is 74.7 Å². The third-order valence-corrected chi connectivity index (χ3v) is 4.46. The van der Waals surface area contributed by atoms with Gasteiger partial charge in [0.1, 0.15) is 11.5 Å². The van der Waals surface area contributed by atoms with E-state index in [0.717, 1.165) is 32.7 Å². The lowest BCUT2D eigenvalue weighted by Crippen LogP contribution is -2.46. The smallest absolute Gasteiger partial charge is 0.241 e. The predicted octanol–water partition coefficient (Wildman–Crippen LogP) is 1.39. The van der Waals surface area contributed by atoms with E-state index in [2.05, 4.69) is 22.2 Å². The largest absolute Gasteiger partial charge is 0.494 e. The molecule has 1 aromatic carbocycles. The predicted molar refractivity (Wildman–Crippen MR) is 104 cm³/mol. The summed E-state index contributed by atoms with van der Waals surface area (Å²) in [5.74, 6) is 1.15. The van der Waals surface area contributed by atoms with Gasteiger partial charge in [-0.05, 0) is 27.3 Å². The fourth-order valence-electron chi connectivity index (χ4n) is 2.90. The molecule has 146 valence electrons. The van der Waals surface area contributed by atoms with Gasteiger partial charge >= 0.3 is 0 Å². The first-order valence-corrected chi connectivity index (χ1v) is 9.39. The van der Waals surface area contributed by atoms with Crippen molar-refractivity contribution in [3.05, 3.63) is 18.2 Å². The number of amides is 1. The minimum Gasteiger partial charge on any atom is -0.494 e. The van der Waals surface area contributed by atoms with Gasteiger partial charge in [-0.1, -0.05) is 0 Å². The number of likely N-dealkylation sites (N-methyl/N-ethyl adjacent to an activating group) is 1. The summed E-state index contributed by atoms with van der Waals surface area (Å²) in [4.78, 5) is 17.1. The van der Waals surface area contributed by atoms with Gasteiger partial charge in [0.25, 0.3) is 0 Å². The zero-order valence-electron chi connectivity index (χ0n) is 16.2. The van der Waals surface area contributed by atoms with Gasteiger partial charge in [0.15, 0.2) is 0 Å². The molecule has 1 aromatic rings. The fraction of sp³-hybridized carbons (Fsp3) is 0.632. The molecule has 2 rings (SSSR count). The molecule has 0 aliphatic carbocycles. The third kappa shape index (κ3) is 6.48. The van der Waals surface area contributed by atoms with E-state index in [0.29, 0.717) is 36.8 Å². The van der Waals surface area contributed by atoms with Crippen molar-refractivity contribution in [2.45, 2.75) is 26.3 Å². The van der Waals surface area contributed by atoms with Gasteiger partial charge in [-0.15, -0.1) is 0 Å². The standard InChI is InChI=1S/C19H32N4O3/c1-4-25-16-12-15(13-17(14-16)26-5-2)21-19(24)18(20)6-7-23-10-8-22(3)9-11-23/h12-14,18H,4-11,20H2,1-3H3,(H,21,24). The third-order valence-electron chi connectivity index (χ3n) is 4.46. The van der Waals surface area contributed by atoms with Gasteiger partial charge in [-0.3, -0.25) is 4.79 Å². The van der Waals surface area contributed by atoms with Crippen molar-refractivity contribution in [2.75, 3.05) is 58.3 Å². The molecular formula is C19H32N4O3. The Morgan fingerprint density at radius 1 is 1.12 bits per heavy atom. The van der Waals surface area contributed by atoms with E-state index in [1.54, 1.807) is 12.1 Å². The van der Waals surface area contributed by atoms with Crippen LogP contribution in [0.3, 0.4) is 0 Å². The number of anilines is 1. The summed E-state index contributed by atoms with van der Waals surface area (Å²) < 4.78 is 11.1. The summed E-state index contributed by atoms with van der Waals surface area (Å²) in [6, 6.07) is 4.85. The Bertz CT molecular complexity index is 550. The van der Waals surface area contributed by atoms with Crippen LogP contribution in [0.2, 0.25) is 0 Å². The molecule has 7 heteroatoms. The summed E-state index contributed by atoms with van der Waals surface area (Å²) in [5, 5.41) is 2.88. The van der Waals surface area contributed by atoms with E-state index in [-0.39, 0.29) is 5.91 Å². The summed E-state index contributed by atoms with van der Waals surface area (Å²) in [5.41, 5.74) is 6.73. The van der Waals surface area contributed by atoms with Crippen LogP contribution in [0.25, 0.3) is 0 Å². The maximum absolute atomic E-state index is 12.4. The second-order valence-corrected chi connectivity index (χ2v) is 6.59. The van der Waals surface area contributed by atoms with Crippen LogP contribution in [0, 0.1) is 0 Å². The number of ether oxygens (including phenoxy) is 2. The quantitative estimate of drug-likeness (QED) is 0.689. The lowest BCUT2D eigenvalue weighted by molar-refractivity contribution is -0.117. The van der Waals surface area contributed by atoms with Crippen molar-refractivity contribution in [1.82, 2.24) is 9.80 Å². The van der Waals surface area contributed by atoms with Crippen LogP contribution in [0.4, 0.5) is 5.69 Å². The van der Waals surface area contributed by atoms with E-state index in [1.165, 1.54) is 0 Å². The summed E-state index contributed by atoms with van der Waals surface area (Å²) >= 11 is 0. The first-order valence-electron chi connectivity index (χ1n) is 9.39. The molecule has 26 heavy (non-hydrogen) atoms. The Hall–Kier alpha value is -1.83. The maximum atomic E-state index is 12.4. The monoisotopic (exact) mass is 364 g/mol. The highest BCUT2D eigenvalue weighted by atomic mass is 16.5. The van der Waals surface area contributed by atoms with E-state index >= 15 is 0 Å². The molecule has 0 saturated carbocycles. The van der Waals surface area contributed by atoms with Crippen molar-refractivity contribution < 1.29 is 14.3 Å². The minimum atomic E-state index is -0.541. The molecule has 1 amide bonds. The number of nitrogens with two attached hydrogens (primary N) is 1. The average Bonchev–Trinajstić information content (AvgIpc) is 2.61. The molecule has 1 saturated heterocycles. The molecule has 0 bridgehead atoms. The Labute approximate surface area is 156 Å². The Kier molecular flexibility index (Phi) is 8.15. The maximum Gasteiger partial charge on any atom is 0.241 e. The second-order valence-electron chi connectivity index (χ2n) is 6.59. The first-order chi connectivity index (χ1) is 12.5. The number of hydrogen-bond donors (Lipinski definition) is 2. The van der Waals surface area contributed by atoms with E-state index in [4.69, 9.17) is 15.2 Å². The van der Waals surface area contributed by atoms with Crippen molar-refractivity contribution in [3.63, 3.8) is 0 Å². The van der Waals surface area contributed by atoms with Crippen LogP contribution < -0.4 is 20.5 Å². The molecule has 1 unspecified atom stereocenters. The topological polar surface area (TPSA) is 80.1 Å². The molecule has 1 fully saturated rings. The molecule has 0 radical (unpaired) electrons. The Morgan fingerprint density at radius 2 is 1.69 bits per heavy atom. The molecule has 0 spiro atoms. The van der Waals surface area contributed by atoms with Crippen molar-refractivity contribution in [2.24, 2.45) is 5.73 Å². The van der Waals surface area contributed by atoms with E-state index < -0.39 is 6.04 Å². The summed E-state index contributed by atoms with van der Waals surface area (Å²) in [6.45, 7) is 9.95. The molecule has 1 heterocycles. The van der Waals surface area contributed by atoms with Crippen LogP contribution in [0.15, 0.2) is 18.2 Å². The van der Waals surface area contributed by atoms with Gasteiger partial charge in [0.2, 0.25) is 5.91 Å². The lowest BCUT2D eigenvalue weighted by atomic mass is 10.1. The van der Waals surface area contributed by atoms with Gasteiger partial charge in [0.05, 0.1) is 19.3 Å². The summed E-state index contributed by atoms with van der Waals surface area (Å²) in [6.07, 6.45) is 0.638. The number of nitrogens with zero attached hydrogens (tertiary/aromatic N) is 2. The minimum absolute atomic E-state index is 0.185. The molecule has 3 N–H and O–H groups in total. The highest BCUT2D eigenvalue weighted by Gasteiger charge is 2.18. The van der Waals surface area contributed by atoms with Crippen LogP contribution >= 0.6 is 0 Å². The number of nitrogens with one attached hydrogen (secondary N) is 1. The number of hydrogen-bond acceptors (Lipinski definition) is 6. The fourth-order valence-corrected chi connectivity index (χ4v) is 2.90. The zero-order valence-corrected chi connectivity index (χ0v) is 16.2. The van der Waals surface area contributed by atoms with E-state index in [9.17, 15) is 4.79 Å². The number of carbonyl (C=O) groups is 1. The normalized spacial score (nSPS) is 16.9. The number of benzene rings is 1. The molecule has 1 aliphatic rings. The lowest BCUT2D eigenvalue weighted by Gasteiger charge is -2.32. The number of rotatable bonds is 9. The molecular weight excluding hydrogens is 332 g/mol. The highest BCUT2D eigenvalue weighted by molar-refractivity contribution is 5.95. The van der Waals surface area contributed by atoms with E-state index in [1.807, 2.05) is 19.9 Å². The van der Waals surface area contributed by atoms with Gasteiger partial charge in [-0.25, -0.2) is 0 Å². The SMILES string of the molecule is CCOc1cc(NC(=O)C(N)CCN2CCN(C)CC2)cc(OCC)c1. The van der Waals surface area contributed by atoms with Gasteiger partial charge < -0.3 is 30.3 Å². The first kappa shape index (κ1) is 20.5. The molecule has 0 aromatic heterocycles. The molecule has 1 aliphatic heterocycles. The summed E-state index contributed by atoms with van der Waals surface area (Å²) in [7, 11) is 2.13. The Balaban J connectivity index is 1.88. The number of carbonyl (C=O) groups excluding carboxylic acids is 1. The zero-order chi connectivity index (χ0) is 18.9. The molecule has 7 nitrogen and oxygen atoms in total. The van der Waals surface area contributed by atoms with Crippen molar-refractivity contribution in [3.8, 4) is 11.5 Å². The Morgan fingerprint density at radius 3 is 2.23 bits per heavy atom. The van der Waals surface area contributed by atoms with Crippen molar-refractivity contribution in [1.29, 1.82) is 0 Å². The average molecular weight is 364 g/mol. The highest BCUT2D eigenvalue weighted by Crippen LogP contribution is 2.26. The van der Waals surface area contributed by atoms with Crippen LogP contribution in [-0.2, 0) is 4.79 Å². The van der Waals surface area contributed by atoms with Crippen LogP contribution in [0.5, 0.6) is 11.5 Å². The van der Waals surface area contributed by atoms with Crippen molar-refractivity contribution >= 4 is 11.6 Å². The van der Waals surface area contributed by atoms with Crippen LogP contribution in [0.1, 0.15) is 20.3 Å². The second kappa shape index (κ2) is 10.4. The molecule has 1 atom stereocenters. The number of piperazine rings is 1.